The van der Waals surface area contributed by atoms with Gasteiger partial charge in [-0.05, 0) is 17.9 Å². The Kier molecular flexibility index (Phi) is 3.38. The molecule has 1 aliphatic heterocycles. The molecule has 0 saturated heterocycles. The van der Waals surface area contributed by atoms with E-state index in [2.05, 4.69) is 0 Å². The van der Waals surface area contributed by atoms with Crippen LogP contribution < -0.4 is 0 Å². The summed E-state index contributed by atoms with van der Waals surface area (Å²) in [5, 5.41) is 9.15. The van der Waals surface area contributed by atoms with Gasteiger partial charge in [0.15, 0.2) is 0 Å². The van der Waals surface area contributed by atoms with E-state index in [1.54, 1.807) is 12.1 Å². The second-order valence-corrected chi connectivity index (χ2v) is 4.81. The monoisotopic (exact) mass is 251 g/mol. The molecule has 0 bridgehead atoms. The number of carboxylic acid groups (broad SMARTS) is 1. The average molecular weight is 251 g/mol. The van der Waals surface area contributed by atoms with E-state index in [0.717, 1.165) is 5.56 Å². The van der Waals surface area contributed by atoms with Crippen molar-refractivity contribution >= 4 is 23.6 Å². The fourth-order valence-electron chi connectivity index (χ4n) is 1.98. The molecule has 0 saturated carbocycles. The molecule has 0 aromatic heterocycles. The van der Waals surface area contributed by atoms with Crippen LogP contribution in [0.15, 0.2) is 24.3 Å². The minimum absolute atomic E-state index is 0.179. The second kappa shape index (κ2) is 4.79. The predicted octanol–water partition coefficient (Wildman–Crippen LogP) is 1.46. The minimum Gasteiger partial charge on any atom is -0.480 e. The van der Waals surface area contributed by atoms with Crippen molar-refractivity contribution in [1.29, 1.82) is 0 Å². The molecule has 2 rings (SSSR count). The molecular weight excluding hydrogens is 238 g/mol. The van der Waals surface area contributed by atoms with E-state index in [1.807, 2.05) is 18.4 Å². The van der Waals surface area contributed by atoms with E-state index in [9.17, 15) is 9.59 Å². The first-order valence-corrected chi connectivity index (χ1v) is 6.65. The highest BCUT2D eigenvalue weighted by Crippen LogP contribution is 2.25. The Bertz CT molecular complexity index is 461. The number of aliphatic carboxylic acids is 1. The molecule has 0 radical (unpaired) electrons. The number of carbonyl (C=O) groups is 2. The van der Waals surface area contributed by atoms with E-state index < -0.39 is 12.0 Å². The number of hydrogen-bond acceptors (Lipinski definition) is 3. The van der Waals surface area contributed by atoms with Crippen molar-refractivity contribution in [1.82, 2.24) is 4.90 Å². The summed E-state index contributed by atoms with van der Waals surface area (Å²) < 4.78 is 0. The van der Waals surface area contributed by atoms with Crippen LogP contribution in [0.4, 0.5) is 0 Å². The van der Waals surface area contributed by atoms with Crippen molar-refractivity contribution in [3.8, 4) is 0 Å². The number of rotatable bonds is 4. The summed E-state index contributed by atoms with van der Waals surface area (Å²) in [6.45, 7) is 0.395. The third-order valence-electron chi connectivity index (χ3n) is 2.84. The molecule has 17 heavy (non-hydrogen) atoms. The lowest BCUT2D eigenvalue weighted by Crippen LogP contribution is -2.43. The van der Waals surface area contributed by atoms with Gasteiger partial charge >= 0.3 is 5.97 Å². The third kappa shape index (κ3) is 2.15. The van der Waals surface area contributed by atoms with Crippen molar-refractivity contribution in [2.45, 2.75) is 12.6 Å². The fraction of sp³-hybridized carbons (Fsp3) is 0.333. The summed E-state index contributed by atoms with van der Waals surface area (Å²) in [4.78, 5) is 24.7. The number of amides is 1. The van der Waals surface area contributed by atoms with Crippen LogP contribution in [-0.4, -0.2) is 39.9 Å². The van der Waals surface area contributed by atoms with Gasteiger partial charge in [0.1, 0.15) is 6.04 Å². The zero-order valence-electron chi connectivity index (χ0n) is 9.42. The smallest absolute Gasteiger partial charge is 0.327 e. The number of carboxylic acids is 1. The molecule has 0 fully saturated rings. The SMILES string of the molecule is CSC[C@H](C(=O)O)N1Cc2ccccc2C1=O. The second-order valence-electron chi connectivity index (χ2n) is 3.90. The number of nitrogens with zero attached hydrogens (tertiary/aromatic N) is 1. The highest BCUT2D eigenvalue weighted by Gasteiger charge is 2.35. The maximum absolute atomic E-state index is 12.1. The lowest BCUT2D eigenvalue weighted by molar-refractivity contribution is -0.141. The first kappa shape index (κ1) is 12.0. The molecule has 1 heterocycles. The van der Waals surface area contributed by atoms with Crippen molar-refractivity contribution < 1.29 is 14.7 Å². The Balaban J connectivity index is 2.26. The first-order valence-electron chi connectivity index (χ1n) is 5.25. The highest BCUT2D eigenvalue weighted by atomic mass is 32.2. The Morgan fingerprint density at radius 3 is 2.82 bits per heavy atom. The molecule has 1 atom stereocenters. The predicted molar refractivity (Wildman–Crippen MR) is 66.1 cm³/mol. The van der Waals surface area contributed by atoms with Gasteiger partial charge in [0, 0.05) is 17.9 Å². The summed E-state index contributed by atoms with van der Waals surface area (Å²) in [6.07, 6.45) is 1.84. The number of carbonyl (C=O) groups excluding carboxylic acids is 1. The van der Waals surface area contributed by atoms with Gasteiger partial charge in [-0.25, -0.2) is 4.79 Å². The van der Waals surface area contributed by atoms with Gasteiger partial charge in [-0.15, -0.1) is 0 Å². The lowest BCUT2D eigenvalue weighted by Gasteiger charge is -2.23. The number of benzene rings is 1. The average Bonchev–Trinajstić information content (AvgIpc) is 2.64. The molecule has 5 heteroatoms. The van der Waals surface area contributed by atoms with Crippen LogP contribution in [-0.2, 0) is 11.3 Å². The van der Waals surface area contributed by atoms with Crippen LogP contribution in [0.2, 0.25) is 0 Å². The van der Waals surface area contributed by atoms with Crippen LogP contribution in [0.1, 0.15) is 15.9 Å². The van der Waals surface area contributed by atoms with Crippen molar-refractivity contribution in [3.05, 3.63) is 35.4 Å². The normalized spacial score (nSPS) is 15.8. The summed E-state index contributed by atoms with van der Waals surface area (Å²) in [5.41, 5.74) is 1.53. The van der Waals surface area contributed by atoms with Gasteiger partial charge in [0.25, 0.3) is 5.91 Å². The van der Waals surface area contributed by atoms with Crippen LogP contribution >= 0.6 is 11.8 Å². The van der Waals surface area contributed by atoms with E-state index in [4.69, 9.17) is 5.11 Å². The maximum atomic E-state index is 12.1. The van der Waals surface area contributed by atoms with Crippen molar-refractivity contribution in [2.75, 3.05) is 12.0 Å². The summed E-state index contributed by atoms with van der Waals surface area (Å²) in [6, 6.07) is 6.52. The van der Waals surface area contributed by atoms with E-state index in [0.29, 0.717) is 17.9 Å². The number of thioether (sulfide) groups is 1. The maximum Gasteiger partial charge on any atom is 0.327 e. The third-order valence-corrected chi connectivity index (χ3v) is 3.48. The molecule has 0 spiro atoms. The molecule has 0 aliphatic carbocycles. The molecule has 1 amide bonds. The minimum atomic E-state index is -0.944. The van der Waals surface area contributed by atoms with Gasteiger partial charge in [-0.1, -0.05) is 18.2 Å². The zero-order valence-corrected chi connectivity index (χ0v) is 10.2. The molecule has 1 N–H and O–H groups in total. The fourth-order valence-corrected chi connectivity index (χ4v) is 2.62. The van der Waals surface area contributed by atoms with Gasteiger partial charge in [0.05, 0.1) is 0 Å². The zero-order chi connectivity index (χ0) is 12.4. The highest BCUT2D eigenvalue weighted by molar-refractivity contribution is 7.98. The summed E-state index contributed by atoms with van der Waals surface area (Å²) in [7, 11) is 0. The number of fused-ring (bicyclic) bond motifs is 1. The van der Waals surface area contributed by atoms with Crippen molar-refractivity contribution in [3.63, 3.8) is 0 Å². The lowest BCUT2D eigenvalue weighted by atomic mass is 10.1. The molecular formula is C12H13NO3S. The van der Waals surface area contributed by atoms with Crippen LogP contribution in [0, 0.1) is 0 Å². The standard InChI is InChI=1S/C12H13NO3S/c1-17-7-10(12(15)16)13-6-8-4-2-3-5-9(8)11(13)14/h2-5,10H,6-7H2,1H3,(H,15,16)/t10-/m1/s1. The molecule has 1 aromatic carbocycles. The molecule has 1 aromatic rings. The Hall–Kier alpha value is -1.49. The molecule has 90 valence electrons. The number of hydrogen-bond donors (Lipinski definition) is 1. The van der Waals surface area contributed by atoms with Gasteiger partial charge in [-0.2, -0.15) is 11.8 Å². The quantitative estimate of drug-likeness (QED) is 0.880. The van der Waals surface area contributed by atoms with E-state index >= 15 is 0 Å². The topological polar surface area (TPSA) is 57.6 Å². The van der Waals surface area contributed by atoms with Gasteiger partial charge in [-0.3, -0.25) is 4.79 Å². The van der Waals surface area contributed by atoms with Gasteiger partial charge < -0.3 is 10.0 Å². The van der Waals surface area contributed by atoms with Gasteiger partial charge in [0.2, 0.25) is 0 Å². The van der Waals surface area contributed by atoms with Crippen LogP contribution in [0.3, 0.4) is 0 Å². The Labute approximate surface area is 104 Å². The molecule has 4 nitrogen and oxygen atoms in total. The Morgan fingerprint density at radius 2 is 2.24 bits per heavy atom. The van der Waals surface area contributed by atoms with Crippen molar-refractivity contribution in [2.24, 2.45) is 0 Å². The summed E-state index contributed by atoms with van der Waals surface area (Å²) in [5.74, 6) is -0.711. The first-order chi connectivity index (χ1) is 8.15. The molecule has 1 aliphatic rings. The van der Waals surface area contributed by atoms with Crippen LogP contribution in [0.25, 0.3) is 0 Å². The van der Waals surface area contributed by atoms with Crippen LogP contribution in [0.5, 0.6) is 0 Å². The van der Waals surface area contributed by atoms with E-state index in [-0.39, 0.29) is 5.91 Å². The molecule has 0 unspecified atom stereocenters. The Morgan fingerprint density at radius 1 is 1.53 bits per heavy atom. The van der Waals surface area contributed by atoms with E-state index in [1.165, 1.54) is 16.7 Å². The largest absolute Gasteiger partial charge is 0.480 e. The summed E-state index contributed by atoms with van der Waals surface area (Å²) >= 11 is 1.43.